The van der Waals surface area contributed by atoms with Crippen LogP contribution in [0.25, 0.3) is 0 Å². The Morgan fingerprint density at radius 3 is 2.67 bits per heavy atom. The highest BCUT2D eigenvalue weighted by Crippen LogP contribution is 2.19. The van der Waals surface area contributed by atoms with Gasteiger partial charge in [-0.1, -0.05) is 18.2 Å². The zero-order chi connectivity index (χ0) is 9.14. The lowest BCUT2D eigenvalue weighted by molar-refractivity contribution is 0.235. The molecule has 0 spiro atoms. The van der Waals surface area contributed by atoms with E-state index in [9.17, 15) is 5.11 Å². The van der Waals surface area contributed by atoms with Gasteiger partial charge in [0.05, 0.1) is 6.07 Å². The molecule has 0 radical (unpaired) electrons. The van der Waals surface area contributed by atoms with Gasteiger partial charge in [0, 0.05) is 0 Å². The third kappa shape index (κ3) is 1.46. The van der Waals surface area contributed by atoms with E-state index in [1.165, 1.54) is 0 Å². The molecular weight excluding hydrogens is 150 g/mol. The van der Waals surface area contributed by atoms with Crippen LogP contribution in [0.2, 0.25) is 0 Å². The summed E-state index contributed by atoms with van der Waals surface area (Å²) in [6.45, 7) is 3.87. The van der Waals surface area contributed by atoms with Crippen LogP contribution in [0.5, 0.6) is 0 Å². The number of aliphatic hydroxyl groups is 1. The monoisotopic (exact) mass is 161 g/mol. The summed E-state index contributed by atoms with van der Waals surface area (Å²) in [5.74, 6) is 0. The molecule has 0 aliphatic carbocycles. The average Bonchev–Trinajstić information content (AvgIpc) is 2.08. The van der Waals surface area contributed by atoms with Gasteiger partial charge in [-0.2, -0.15) is 5.26 Å². The smallest absolute Gasteiger partial charge is 0.166 e. The van der Waals surface area contributed by atoms with Gasteiger partial charge < -0.3 is 5.11 Å². The molecule has 0 heterocycles. The minimum Gasteiger partial charge on any atom is -0.374 e. The second-order valence-electron chi connectivity index (χ2n) is 2.82. The van der Waals surface area contributed by atoms with Crippen LogP contribution in [0.1, 0.15) is 22.8 Å². The summed E-state index contributed by atoms with van der Waals surface area (Å²) in [7, 11) is 0. The van der Waals surface area contributed by atoms with Gasteiger partial charge in [0.1, 0.15) is 0 Å². The molecule has 0 fully saturated rings. The van der Waals surface area contributed by atoms with Crippen LogP contribution in [-0.4, -0.2) is 5.11 Å². The highest BCUT2D eigenvalue weighted by atomic mass is 16.3. The number of aryl methyl sites for hydroxylation is 1. The molecule has 0 amide bonds. The van der Waals surface area contributed by atoms with Crippen LogP contribution in [-0.2, 0) is 0 Å². The van der Waals surface area contributed by atoms with E-state index < -0.39 is 6.10 Å². The Labute approximate surface area is 72.1 Å². The van der Waals surface area contributed by atoms with Gasteiger partial charge >= 0.3 is 0 Å². The maximum Gasteiger partial charge on any atom is 0.166 e. The Hall–Kier alpha value is -1.33. The molecule has 1 aromatic carbocycles. The molecule has 0 aliphatic rings. The normalized spacial score (nSPS) is 12.2. The molecule has 12 heavy (non-hydrogen) atoms. The van der Waals surface area contributed by atoms with Crippen molar-refractivity contribution in [3.05, 3.63) is 34.9 Å². The lowest BCUT2D eigenvalue weighted by atomic mass is 10.00. The van der Waals surface area contributed by atoms with Crippen molar-refractivity contribution in [3.63, 3.8) is 0 Å². The van der Waals surface area contributed by atoms with Crippen LogP contribution in [0.3, 0.4) is 0 Å². The van der Waals surface area contributed by atoms with E-state index in [2.05, 4.69) is 0 Å². The van der Waals surface area contributed by atoms with Crippen molar-refractivity contribution >= 4 is 0 Å². The zero-order valence-electron chi connectivity index (χ0n) is 7.20. The van der Waals surface area contributed by atoms with Gasteiger partial charge in [-0.25, -0.2) is 0 Å². The third-order valence-corrected chi connectivity index (χ3v) is 2.06. The second kappa shape index (κ2) is 3.38. The molecule has 0 saturated heterocycles. The second-order valence-corrected chi connectivity index (χ2v) is 2.82. The lowest BCUT2D eigenvalue weighted by Gasteiger charge is -2.08. The summed E-state index contributed by atoms with van der Waals surface area (Å²) in [5, 5.41) is 17.8. The van der Waals surface area contributed by atoms with Crippen LogP contribution >= 0.6 is 0 Å². The summed E-state index contributed by atoms with van der Waals surface area (Å²) in [4.78, 5) is 0. The van der Waals surface area contributed by atoms with Crippen molar-refractivity contribution in [2.75, 3.05) is 0 Å². The molecule has 1 rings (SSSR count). The number of aliphatic hydroxyl groups excluding tert-OH is 1. The highest BCUT2D eigenvalue weighted by molar-refractivity contribution is 5.36. The van der Waals surface area contributed by atoms with Crippen LogP contribution < -0.4 is 0 Å². The Morgan fingerprint density at radius 2 is 2.08 bits per heavy atom. The SMILES string of the molecule is Cc1cccc(C(O)C#N)c1C. The molecule has 1 unspecified atom stereocenters. The van der Waals surface area contributed by atoms with Crippen molar-refractivity contribution in [2.45, 2.75) is 20.0 Å². The first kappa shape index (κ1) is 8.76. The van der Waals surface area contributed by atoms with Gasteiger partial charge in [0.25, 0.3) is 0 Å². The van der Waals surface area contributed by atoms with E-state index in [4.69, 9.17) is 5.26 Å². The largest absolute Gasteiger partial charge is 0.374 e. The average molecular weight is 161 g/mol. The molecule has 0 aliphatic heterocycles. The first-order chi connectivity index (χ1) is 5.66. The van der Waals surface area contributed by atoms with Crippen LogP contribution in [0.4, 0.5) is 0 Å². The van der Waals surface area contributed by atoms with Gasteiger partial charge in [0.2, 0.25) is 0 Å². The fourth-order valence-electron chi connectivity index (χ4n) is 1.14. The molecule has 1 atom stereocenters. The summed E-state index contributed by atoms with van der Waals surface area (Å²) in [5.41, 5.74) is 2.80. The molecule has 0 aromatic heterocycles. The molecule has 2 heteroatoms. The van der Waals surface area contributed by atoms with Crippen molar-refractivity contribution < 1.29 is 5.11 Å². The first-order valence-corrected chi connectivity index (χ1v) is 3.80. The lowest BCUT2D eigenvalue weighted by Crippen LogP contribution is -1.97. The molecule has 1 aromatic rings. The summed E-state index contributed by atoms with van der Waals surface area (Å²) < 4.78 is 0. The van der Waals surface area contributed by atoms with Gasteiger partial charge in [-0.3, -0.25) is 0 Å². The number of nitrogens with zero attached hydrogens (tertiary/aromatic N) is 1. The maximum absolute atomic E-state index is 9.27. The quantitative estimate of drug-likeness (QED) is 0.639. The van der Waals surface area contributed by atoms with Gasteiger partial charge in [-0.15, -0.1) is 0 Å². The van der Waals surface area contributed by atoms with Crippen molar-refractivity contribution in [1.82, 2.24) is 0 Å². The zero-order valence-corrected chi connectivity index (χ0v) is 7.20. The minimum atomic E-state index is -0.995. The first-order valence-electron chi connectivity index (χ1n) is 3.80. The molecule has 0 saturated carbocycles. The Kier molecular flexibility index (Phi) is 2.47. The van der Waals surface area contributed by atoms with E-state index in [1.807, 2.05) is 26.0 Å². The van der Waals surface area contributed by atoms with Gasteiger partial charge in [0.15, 0.2) is 6.10 Å². The standard InChI is InChI=1S/C10H11NO/c1-7-4-3-5-9(8(7)2)10(12)6-11/h3-5,10,12H,1-2H3. The predicted molar refractivity (Wildman–Crippen MR) is 46.5 cm³/mol. The Bertz CT molecular complexity index is 325. The minimum absolute atomic E-state index is 0.706. The third-order valence-electron chi connectivity index (χ3n) is 2.06. The summed E-state index contributed by atoms with van der Waals surface area (Å²) >= 11 is 0. The van der Waals surface area contributed by atoms with E-state index >= 15 is 0 Å². The predicted octanol–water partition coefficient (Wildman–Crippen LogP) is 1.86. The molecule has 62 valence electrons. The Balaban J connectivity index is 3.18. The molecular formula is C10H11NO. The van der Waals surface area contributed by atoms with E-state index in [0.29, 0.717) is 5.56 Å². The van der Waals surface area contributed by atoms with E-state index in [0.717, 1.165) is 11.1 Å². The number of nitriles is 1. The van der Waals surface area contributed by atoms with Crippen LogP contribution in [0.15, 0.2) is 18.2 Å². The fourth-order valence-corrected chi connectivity index (χ4v) is 1.14. The highest BCUT2D eigenvalue weighted by Gasteiger charge is 2.08. The maximum atomic E-state index is 9.27. The topological polar surface area (TPSA) is 44.0 Å². The fraction of sp³-hybridized carbons (Fsp3) is 0.300. The summed E-state index contributed by atoms with van der Waals surface area (Å²) in [6.07, 6.45) is -0.995. The van der Waals surface area contributed by atoms with Crippen molar-refractivity contribution in [1.29, 1.82) is 5.26 Å². The Morgan fingerprint density at radius 1 is 1.42 bits per heavy atom. The number of benzene rings is 1. The molecule has 1 N–H and O–H groups in total. The summed E-state index contributed by atoms with van der Waals surface area (Å²) in [6, 6.07) is 7.39. The van der Waals surface area contributed by atoms with E-state index in [1.54, 1.807) is 12.1 Å². The van der Waals surface area contributed by atoms with E-state index in [-0.39, 0.29) is 0 Å². The number of rotatable bonds is 1. The van der Waals surface area contributed by atoms with Gasteiger partial charge in [-0.05, 0) is 30.5 Å². The molecule has 0 bridgehead atoms. The van der Waals surface area contributed by atoms with Crippen molar-refractivity contribution in [3.8, 4) is 6.07 Å². The van der Waals surface area contributed by atoms with Crippen molar-refractivity contribution in [2.24, 2.45) is 0 Å². The molecule has 2 nitrogen and oxygen atoms in total. The number of hydrogen-bond donors (Lipinski definition) is 1. The number of hydrogen-bond acceptors (Lipinski definition) is 2. The van der Waals surface area contributed by atoms with Crippen LogP contribution in [0, 0.1) is 25.2 Å².